The minimum Gasteiger partial charge on any atom is -0.491 e. The number of alkyl halides is 2. The van der Waals surface area contributed by atoms with Gasteiger partial charge in [0, 0.05) is 17.5 Å². The Morgan fingerprint density at radius 2 is 2.00 bits per heavy atom. The average molecular weight is 395 g/mol. The fourth-order valence-electron chi connectivity index (χ4n) is 3.65. The summed E-state index contributed by atoms with van der Waals surface area (Å²) in [7, 11) is 0. The topological polar surface area (TPSA) is 61.5 Å². The molecule has 0 heterocycles. The van der Waals surface area contributed by atoms with E-state index in [2.05, 4.69) is 6.08 Å². The summed E-state index contributed by atoms with van der Waals surface area (Å²) in [6, 6.07) is 2.67. The van der Waals surface area contributed by atoms with E-state index in [0.717, 1.165) is 19.3 Å². The van der Waals surface area contributed by atoms with Crippen LogP contribution in [0, 0.1) is 0 Å². The van der Waals surface area contributed by atoms with Crippen LogP contribution in [0.25, 0.3) is 0 Å². The number of unbranched alkanes of at least 4 members (excludes halogenated alkanes) is 1. The Hall–Kier alpha value is -2.11. The summed E-state index contributed by atoms with van der Waals surface area (Å²) >= 11 is 0. The summed E-state index contributed by atoms with van der Waals surface area (Å²) in [5.41, 5.74) is 6.90. The smallest absolute Gasteiger partial charge is 0.409 e. The van der Waals surface area contributed by atoms with Gasteiger partial charge in [-0.3, -0.25) is 0 Å². The van der Waals surface area contributed by atoms with Gasteiger partial charge < -0.3 is 15.2 Å². The number of hydrogen-bond acceptors (Lipinski definition) is 3. The number of hydrogen-bond donors (Lipinski definition) is 1. The molecule has 0 spiro atoms. The predicted molar refractivity (Wildman–Crippen MR) is 106 cm³/mol. The predicted octanol–water partition coefficient (Wildman–Crippen LogP) is 6.43. The number of nitrogens with two attached hydrogens (primary N) is 1. The molecule has 0 fully saturated rings. The van der Waals surface area contributed by atoms with Crippen LogP contribution in [0.5, 0.6) is 11.5 Å². The lowest BCUT2D eigenvalue weighted by molar-refractivity contribution is -0.0159. The molecule has 2 N–H and O–H groups in total. The van der Waals surface area contributed by atoms with Crippen LogP contribution in [0.3, 0.4) is 0 Å². The molecule has 0 saturated heterocycles. The number of benzene rings is 1. The molecule has 1 aliphatic carbocycles. The first-order valence-electron chi connectivity index (χ1n) is 9.99. The van der Waals surface area contributed by atoms with E-state index < -0.39 is 12.0 Å². The van der Waals surface area contributed by atoms with Gasteiger partial charge in [0.1, 0.15) is 11.5 Å². The fourth-order valence-corrected chi connectivity index (χ4v) is 3.65. The lowest BCUT2D eigenvalue weighted by Crippen LogP contribution is -2.21. The van der Waals surface area contributed by atoms with Gasteiger partial charge in [-0.25, -0.2) is 13.6 Å². The van der Waals surface area contributed by atoms with E-state index in [1.54, 1.807) is 0 Å². The second-order valence-corrected chi connectivity index (χ2v) is 7.81. The van der Waals surface area contributed by atoms with Crippen LogP contribution in [0.1, 0.15) is 83.3 Å². The molecule has 156 valence electrons. The standard InChI is InChI=1S/C22H31F2NO3/c1-5-6-10-22(23,24)17-12-18(27-14(2)3)20(19(13-17)28-21(25)26)16-9-7-8-15(4)11-16/h8,12-14,16H,5-7,9-11H2,1-4H3,(H2,25,26). The number of allylic oxidation sites excluding steroid dienone is 2. The quantitative estimate of drug-likeness (QED) is 0.516. The minimum absolute atomic E-state index is 0.0198. The number of amides is 1. The molecule has 2 rings (SSSR count). The maximum absolute atomic E-state index is 14.8. The second kappa shape index (κ2) is 9.39. The molecule has 0 radical (unpaired) electrons. The van der Waals surface area contributed by atoms with Crippen molar-refractivity contribution in [2.45, 2.75) is 84.2 Å². The highest BCUT2D eigenvalue weighted by atomic mass is 19.3. The van der Waals surface area contributed by atoms with Crippen molar-refractivity contribution in [2.24, 2.45) is 5.73 Å². The van der Waals surface area contributed by atoms with Gasteiger partial charge in [0.25, 0.3) is 5.92 Å². The zero-order chi connectivity index (χ0) is 20.9. The maximum Gasteiger partial charge on any atom is 0.409 e. The van der Waals surface area contributed by atoms with Gasteiger partial charge in [0.15, 0.2) is 0 Å². The second-order valence-electron chi connectivity index (χ2n) is 7.81. The lowest BCUT2D eigenvalue weighted by atomic mass is 9.82. The van der Waals surface area contributed by atoms with Crippen LogP contribution in [0.2, 0.25) is 0 Å². The molecule has 6 heteroatoms. The first-order valence-corrected chi connectivity index (χ1v) is 9.99. The number of ether oxygens (including phenoxy) is 2. The summed E-state index contributed by atoms with van der Waals surface area (Å²) in [6.45, 7) is 7.59. The molecule has 0 aromatic heterocycles. The van der Waals surface area contributed by atoms with E-state index in [1.807, 2.05) is 27.7 Å². The summed E-state index contributed by atoms with van der Waals surface area (Å²) in [5, 5.41) is 0. The molecule has 1 aliphatic rings. The van der Waals surface area contributed by atoms with Gasteiger partial charge in [-0.05, 0) is 64.5 Å². The zero-order valence-corrected chi connectivity index (χ0v) is 17.2. The molecule has 0 aliphatic heterocycles. The van der Waals surface area contributed by atoms with E-state index in [4.69, 9.17) is 15.2 Å². The van der Waals surface area contributed by atoms with Crippen molar-refractivity contribution >= 4 is 6.09 Å². The molecule has 28 heavy (non-hydrogen) atoms. The fraction of sp³-hybridized carbons (Fsp3) is 0.591. The summed E-state index contributed by atoms with van der Waals surface area (Å²) in [6.07, 6.45) is 4.19. The van der Waals surface area contributed by atoms with Gasteiger partial charge in [-0.2, -0.15) is 0 Å². The van der Waals surface area contributed by atoms with Crippen molar-refractivity contribution in [2.75, 3.05) is 0 Å². The van der Waals surface area contributed by atoms with Gasteiger partial charge in [0.2, 0.25) is 0 Å². The van der Waals surface area contributed by atoms with Crippen LogP contribution in [-0.2, 0) is 5.92 Å². The summed E-state index contributed by atoms with van der Waals surface area (Å²) in [4.78, 5) is 11.5. The lowest BCUT2D eigenvalue weighted by Gasteiger charge is -2.28. The van der Waals surface area contributed by atoms with Gasteiger partial charge in [-0.15, -0.1) is 0 Å². The highest BCUT2D eigenvalue weighted by Crippen LogP contribution is 2.47. The van der Waals surface area contributed by atoms with Crippen LogP contribution in [0.4, 0.5) is 13.6 Å². The molecule has 1 atom stereocenters. The van der Waals surface area contributed by atoms with Crippen molar-refractivity contribution < 1.29 is 23.0 Å². The third-order valence-electron chi connectivity index (χ3n) is 4.93. The Morgan fingerprint density at radius 3 is 2.57 bits per heavy atom. The van der Waals surface area contributed by atoms with E-state index in [0.29, 0.717) is 24.2 Å². The molecule has 1 amide bonds. The Kier molecular flexibility index (Phi) is 7.44. The molecule has 1 unspecified atom stereocenters. The maximum atomic E-state index is 14.8. The number of carbonyl (C=O) groups is 1. The molecule has 1 aromatic carbocycles. The van der Waals surface area contributed by atoms with Crippen molar-refractivity contribution in [3.8, 4) is 11.5 Å². The first-order chi connectivity index (χ1) is 13.1. The minimum atomic E-state index is -3.04. The summed E-state index contributed by atoms with van der Waals surface area (Å²) < 4.78 is 40.7. The normalized spacial score (nSPS) is 17.4. The SMILES string of the molecule is CCCCC(F)(F)c1cc(OC(N)=O)c(C2CCC=C(C)C2)c(OC(C)C)c1. The number of halogens is 2. The van der Waals surface area contributed by atoms with E-state index in [1.165, 1.54) is 17.7 Å². The number of primary amides is 1. The molecule has 0 bridgehead atoms. The van der Waals surface area contributed by atoms with Crippen LogP contribution >= 0.6 is 0 Å². The van der Waals surface area contributed by atoms with Crippen molar-refractivity contribution in [3.05, 3.63) is 34.9 Å². The monoisotopic (exact) mass is 395 g/mol. The molecular formula is C22H31F2NO3. The third kappa shape index (κ3) is 5.69. The largest absolute Gasteiger partial charge is 0.491 e. The Morgan fingerprint density at radius 1 is 1.32 bits per heavy atom. The summed E-state index contributed by atoms with van der Waals surface area (Å²) in [5.74, 6) is -2.59. The Labute approximate surface area is 166 Å². The van der Waals surface area contributed by atoms with Crippen LogP contribution < -0.4 is 15.2 Å². The van der Waals surface area contributed by atoms with E-state index in [9.17, 15) is 13.6 Å². The van der Waals surface area contributed by atoms with Gasteiger partial charge in [-0.1, -0.05) is 25.0 Å². The number of rotatable bonds is 8. The Balaban J connectivity index is 2.59. The highest BCUT2D eigenvalue weighted by Gasteiger charge is 2.35. The molecule has 0 saturated carbocycles. The zero-order valence-electron chi connectivity index (χ0n) is 17.2. The van der Waals surface area contributed by atoms with Crippen molar-refractivity contribution in [1.82, 2.24) is 0 Å². The molecule has 1 aromatic rings. The van der Waals surface area contributed by atoms with Gasteiger partial charge >= 0.3 is 6.09 Å². The first kappa shape index (κ1) is 22.2. The Bertz CT molecular complexity index is 729. The van der Waals surface area contributed by atoms with Crippen LogP contribution in [0.15, 0.2) is 23.8 Å². The number of carbonyl (C=O) groups excluding carboxylic acids is 1. The van der Waals surface area contributed by atoms with Crippen molar-refractivity contribution in [1.29, 1.82) is 0 Å². The van der Waals surface area contributed by atoms with E-state index in [-0.39, 0.29) is 29.8 Å². The van der Waals surface area contributed by atoms with Crippen LogP contribution in [-0.4, -0.2) is 12.2 Å². The average Bonchev–Trinajstić information content (AvgIpc) is 2.58. The highest BCUT2D eigenvalue weighted by molar-refractivity contribution is 5.70. The van der Waals surface area contributed by atoms with Crippen molar-refractivity contribution in [3.63, 3.8) is 0 Å². The third-order valence-corrected chi connectivity index (χ3v) is 4.93. The molecule has 4 nitrogen and oxygen atoms in total. The van der Waals surface area contributed by atoms with Gasteiger partial charge in [0.05, 0.1) is 6.10 Å². The van der Waals surface area contributed by atoms with E-state index >= 15 is 0 Å². The molecular weight excluding hydrogens is 364 g/mol.